The van der Waals surface area contributed by atoms with Gasteiger partial charge in [0.25, 0.3) is 0 Å². The molecular weight excluding hydrogens is 248 g/mol. The average Bonchev–Trinajstić information content (AvgIpc) is 2.49. The summed E-state index contributed by atoms with van der Waals surface area (Å²) in [7, 11) is 0. The summed E-state index contributed by atoms with van der Waals surface area (Å²) >= 11 is 0. The van der Waals surface area contributed by atoms with E-state index in [0.29, 0.717) is 6.04 Å². The Balaban J connectivity index is 1.93. The molecule has 1 aliphatic rings. The molecule has 3 heteroatoms. The van der Waals surface area contributed by atoms with Gasteiger partial charge in [-0.25, -0.2) is 0 Å². The van der Waals surface area contributed by atoms with Crippen LogP contribution in [0.1, 0.15) is 31.9 Å². The SMILES string of the molecule is CC(C)CCNCC(c1ccccc1)N1CCOCC1. The molecule has 0 radical (unpaired) electrons. The van der Waals surface area contributed by atoms with Crippen LogP contribution in [0.4, 0.5) is 0 Å². The maximum atomic E-state index is 5.48. The fourth-order valence-corrected chi connectivity index (χ4v) is 2.65. The first-order valence-electron chi connectivity index (χ1n) is 7.85. The van der Waals surface area contributed by atoms with E-state index in [0.717, 1.165) is 45.3 Å². The van der Waals surface area contributed by atoms with Gasteiger partial charge in [0.1, 0.15) is 0 Å². The lowest BCUT2D eigenvalue weighted by Crippen LogP contribution is -2.43. The summed E-state index contributed by atoms with van der Waals surface area (Å²) in [6.45, 7) is 10.5. The van der Waals surface area contributed by atoms with E-state index in [1.54, 1.807) is 0 Å². The van der Waals surface area contributed by atoms with Gasteiger partial charge in [-0.05, 0) is 24.4 Å². The second kappa shape index (κ2) is 8.40. The summed E-state index contributed by atoms with van der Waals surface area (Å²) in [6, 6.07) is 11.3. The number of rotatable bonds is 7. The van der Waals surface area contributed by atoms with Crippen LogP contribution in [0, 0.1) is 5.92 Å². The van der Waals surface area contributed by atoms with Crippen LogP contribution in [-0.2, 0) is 4.74 Å². The van der Waals surface area contributed by atoms with E-state index >= 15 is 0 Å². The third-order valence-corrected chi connectivity index (χ3v) is 3.91. The van der Waals surface area contributed by atoms with Gasteiger partial charge in [0.15, 0.2) is 0 Å². The Morgan fingerprint density at radius 2 is 1.85 bits per heavy atom. The van der Waals surface area contributed by atoms with E-state index in [-0.39, 0.29) is 0 Å². The van der Waals surface area contributed by atoms with Crippen molar-refractivity contribution in [3.63, 3.8) is 0 Å². The van der Waals surface area contributed by atoms with Crippen LogP contribution in [0.5, 0.6) is 0 Å². The molecule has 0 saturated carbocycles. The van der Waals surface area contributed by atoms with Gasteiger partial charge in [-0.15, -0.1) is 0 Å². The Kier molecular flexibility index (Phi) is 6.51. The van der Waals surface area contributed by atoms with Gasteiger partial charge in [0.2, 0.25) is 0 Å². The highest BCUT2D eigenvalue weighted by Gasteiger charge is 2.21. The molecule has 1 heterocycles. The second-order valence-electron chi connectivity index (χ2n) is 5.96. The predicted molar refractivity (Wildman–Crippen MR) is 83.9 cm³/mol. The Morgan fingerprint density at radius 1 is 1.15 bits per heavy atom. The number of ether oxygens (including phenoxy) is 1. The van der Waals surface area contributed by atoms with Crippen LogP contribution < -0.4 is 5.32 Å². The van der Waals surface area contributed by atoms with Crippen molar-refractivity contribution >= 4 is 0 Å². The first-order chi connectivity index (χ1) is 9.77. The number of nitrogens with zero attached hydrogens (tertiary/aromatic N) is 1. The van der Waals surface area contributed by atoms with Crippen molar-refractivity contribution in [1.82, 2.24) is 10.2 Å². The lowest BCUT2D eigenvalue weighted by molar-refractivity contribution is 0.0161. The summed E-state index contributed by atoms with van der Waals surface area (Å²) in [6.07, 6.45) is 1.24. The summed E-state index contributed by atoms with van der Waals surface area (Å²) in [5.41, 5.74) is 1.41. The molecule has 1 unspecified atom stereocenters. The minimum absolute atomic E-state index is 0.465. The average molecular weight is 276 g/mol. The van der Waals surface area contributed by atoms with Gasteiger partial charge in [-0.3, -0.25) is 4.90 Å². The highest BCUT2D eigenvalue weighted by molar-refractivity contribution is 5.19. The molecule has 112 valence electrons. The zero-order valence-corrected chi connectivity index (χ0v) is 12.8. The fourth-order valence-electron chi connectivity index (χ4n) is 2.65. The number of hydrogen-bond donors (Lipinski definition) is 1. The zero-order valence-electron chi connectivity index (χ0n) is 12.8. The van der Waals surface area contributed by atoms with Gasteiger partial charge in [0, 0.05) is 25.7 Å². The first kappa shape index (κ1) is 15.5. The van der Waals surface area contributed by atoms with Crippen molar-refractivity contribution in [3.05, 3.63) is 35.9 Å². The van der Waals surface area contributed by atoms with Crippen LogP contribution in [0.15, 0.2) is 30.3 Å². The van der Waals surface area contributed by atoms with Crippen LogP contribution in [0.3, 0.4) is 0 Å². The molecule has 1 fully saturated rings. The highest BCUT2D eigenvalue weighted by atomic mass is 16.5. The molecule has 20 heavy (non-hydrogen) atoms. The first-order valence-corrected chi connectivity index (χ1v) is 7.85. The molecule has 3 nitrogen and oxygen atoms in total. The minimum atomic E-state index is 0.465. The van der Waals surface area contributed by atoms with E-state index in [2.05, 4.69) is 54.4 Å². The maximum Gasteiger partial charge on any atom is 0.0594 e. The lowest BCUT2D eigenvalue weighted by atomic mass is 10.0. The number of morpholine rings is 1. The molecule has 1 aromatic carbocycles. The fraction of sp³-hybridized carbons (Fsp3) is 0.647. The molecule has 0 aromatic heterocycles. The molecule has 0 aliphatic carbocycles. The van der Waals surface area contributed by atoms with Crippen LogP contribution in [0.25, 0.3) is 0 Å². The van der Waals surface area contributed by atoms with Crippen molar-refractivity contribution in [2.75, 3.05) is 39.4 Å². The van der Waals surface area contributed by atoms with Gasteiger partial charge < -0.3 is 10.1 Å². The van der Waals surface area contributed by atoms with Crippen molar-refractivity contribution in [2.45, 2.75) is 26.3 Å². The standard InChI is InChI=1S/C17H28N2O/c1-15(2)8-9-18-14-17(16-6-4-3-5-7-16)19-10-12-20-13-11-19/h3-7,15,17-18H,8-14H2,1-2H3. The summed E-state index contributed by atoms with van der Waals surface area (Å²) < 4.78 is 5.48. The van der Waals surface area contributed by atoms with Crippen LogP contribution >= 0.6 is 0 Å². The second-order valence-corrected chi connectivity index (χ2v) is 5.96. The molecular formula is C17H28N2O. The third-order valence-electron chi connectivity index (χ3n) is 3.91. The summed E-state index contributed by atoms with van der Waals surface area (Å²) in [5, 5.41) is 3.63. The minimum Gasteiger partial charge on any atom is -0.379 e. The van der Waals surface area contributed by atoms with E-state index in [4.69, 9.17) is 4.74 Å². The van der Waals surface area contributed by atoms with Gasteiger partial charge in [-0.1, -0.05) is 44.2 Å². The van der Waals surface area contributed by atoms with E-state index in [1.807, 2.05) is 0 Å². The Bertz CT molecular complexity index is 361. The largest absolute Gasteiger partial charge is 0.379 e. The topological polar surface area (TPSA) is 24.5 Å². The number of benzene rings is 1. The molecule has 0 spiro atoms. The molecule has 1 aromatic rings. The van der Waals surface area contributed by atoms with Crippen molar-refractivity contribution in [3.8, 4) is 0 Å². The lowest BCUT2D eigenvalue weighted by Gasteiger charge is -2.35. The molecule has 1 atom stereocenters. The molecule has 1 aliphatic heterocycles. The Hall–Kier alpha value is -0.900. The quantitative estimate of drug-likeness (QED) is 0.775. The molecule has 2 rings (SSSR count). The number of nitrogens with one attached hydrogen (secondary N) is 1. The Morgan fingerprint density at radius 3 is 2.50 bits per heavy atom. The maximum absolute atomic E-state index is 5.48. The highest BCUT2D eigenvalue weighted by Crippen LogP contribution is 2.21. The van der Waals surface area contributed by atoms with Gasteiger partial charge in [-0.2, -0.15) is 0 Å². The van der Waals surface area contributed by atoms with E-state index < -0.39 is 0 Å². The summed E-state index contributed by atoms with van der Waals surface area (Å²) in [4.78, 5) is 2.54. The van der Waals surface area contributed by atoms with E-state index in [9.17, 15) is 0 Å². The molecule has 1 saturated heterocycles. The molecule has 1 N–H and O–H groups in total. The number of hydrogen-bond acceptors (Lipinski definition) is 3. The summed E-state index contributed by atoms with van der Waals surface area (Å²) in [5.74, 6) is 0.765. The van der Waals surface area contributed by atoms with Crippen LogP contribution in [0.2, 0.25) is 0 Å². The zero-order chi connectivity index (χ0) is 14.2. The van der Waals surface area contributed by atoms with E-state index in [1.165, 1.54) is 12.0 Å². The van der Waals surface area contributed by atoms with Crippen molar-refractivity contribution in [2.24, 2.45) is 5.92 Å². The normalized spacial score (nSPS) is 18.4. The van der Waals surface area contributed by atoms with Crippen LogP contribution in [-0.4, -0.2) is 44.3 Å². The molecule has 0 bridgehead atoms. The Labute approximate surface area is 123 Å². The van der Waals surface area contributed by atoms with Crippen molar-refractivity contribution < 1.29 is 4.74 Å². The predicted octanol–water partition coefficient (Wildman–Crippen LogP) is 2.70. The molecule has 0 amide bonds. The smallest absolute Gasteiger partial charge is 0.0594 e. The van der Waals surface area contributed by atoms with Gasteiger partial charge in [0.05, 0.1) is 13.2 Å². The third kappa shape index (κ3) is 4.89. The van der Waals surface area contributed by atoms with Gasteiger partial charge >= 0.3 is 0 Å². The monoisotopic (exact) mass is 276 g/mol. The van der Waals surface area contributed by atoms with Crippen molar-refractivity contribution in [1.29, 1.82) is 0 Å².